The smallest absolute Gasteiger partial charge is 0.278 e. The van der Waals surface area contributed by atoms with E-state index in [-0.39, 0.29) is 23.2 Å². The number of para-hydroxylation sites is 1. The molecule has 1 saturated carbocycles. The van der Waals surface area contributed by atoms with E-state index < -0.39 is 5.91 Å². The van der Waals surface area contributed by atoms with E-state index >= 15 is 0 Å². The number of hydroxylamine groups is 1. The van der Waals surface area contributed by atoms with Crippen molar-refractivity contribution >= 4 is 23.2 Å². The summed E-state index contributed by atoms with van der Waals surface area (Å²) in [6.45, 7) is 3.97. The van der Waals surface area contributed by atoms with Gasteiger partial charge in [-0.3, -0.25) is 19.4 Å². The van der Waals surface area contributed by atoms with E-state index in [4.69, 9.17) is 9.57 Å². The van der Waals surface area contributed by atoms with Crippen LogP contribution in [0.25, 0.3) is 11.4 Å². The molecular weight excluding hydrogens is 436 g/mol. The Morgan fingerprint density at radius 2 is 1.82 bits per heavy atom. The van der Waals surface area contributed by atoms with Crippen molar-refractivity contribution in [3.63, 3.8) is 0 Å². The van der Waals surface area contributed by atoms with Crippen molar-refractivity contribution in [2.45, 2.75) is 32.7 Å². The number of rotatable bonds is 9. The number of nitrogens with zero attached hydrogens (tertiary/aromatic N) is 3. The largest absolute Gasteiger partial charge is 0.494 e. The highest BCUT2D eigenvalue weighted by molar-refractivity contribution is 6.02. The summed E-state index contributed by atoms with van der Waals surface area (Å²) >= 11 is 0. The summed E-state index contributed by atoms with van der Waals surface area (Å²) in [4.78, 5) is 43.3. The van der Waals surface area contributed by atoms with Crippen LogP contribution in [0.3, 0.4) is 0 Å². The number of aromatic nitrogens is 3. The Hall–Kier alpha value is -4.05. The lowest BCUT2D eigenvalue weighted by Crippen LogP contribution is -2.28. The van der Waals surface area contributed by atoms with Gasteiger partial charge in [0.1, 0.15) is 5.69 Å². The first-order chi connectivity index (χ1) is 16.5. The molecular formula is C24H26N6O4. The molecule has 34 heavy (non-hydrogen) atoms. The number of carbonyl (C=O) groups excluding carboxylic acids is 2. The number of hydrogen-bond donors (Lipinski definition) is 3. The number of anilines is 2. The Morgan fingerprint density at radius 1 is 1.06 bits per heavy atom. The fraction of sp³-hybridized carbons (Fsp3) is 0.292. The van der Waals surface area contributed by atoms with Gasteiger partial charge in [-0.15, -0.1) is 0 Å². The molecule has 10 nitrogen and oxygen atoms in total. The standard InChI is InChI=1S/C24H26N6O4/c1-4-34-30-23(31)17-13-25-20(24(32)28-15-8-9-15)10-19(17)29-18-7-5-6-16(21(18)33-3)22-26-11-14(2)12-27-22/h5-7,10-13,15H,4,8-9H2,1-3H3,(H,25,29)(H,28,32)(H,30,31). The first-order valence-corrected chi connectivity index (χ1v) is 11.0. The van der Waals surface area contributed by atoms with Gasteiger partial charge in [-0.05, 0) is 50.5 Å². The zero-order valence-corrected chi connectivity index (χ0v) is 19.2. The normalized spacial score (nSPS) is 12.7. The molecule has 1 fully saturated rings. The molecule has 0 bridgehead atoms. The molecule has 3 N–H and O–H groups in total. The summed E-state index contributed by atoms with van der Waals surface area (Å²) in [5, 5.41) is 6.12. The van der Waals surface area contributed by atoms with Gasteiger partial charge in [0.25, 0.3) is 11.8 Å². The summed E-state index contributed by atoms with van der Waals surface area (Å²) in [6, 6.07) is 7.18. The van der Waals surface area contributed by atoms with Crippen molar-refractivity contribution in [3.8, 4) is 17.1 Å². The molecule has 0 unspecified atom stereocenters. The molecule has 10 heteroatoms. The average molecular weight is 463 g/mol. The molecule has 4 rings (SSSR count). The lowest BCUT2D eigenvalue weighted by molar-refractivity contribution is 0.0365. The minimum atomic E-state index is -0.497. The molecule has 1 aliphatic rings. The van der Waals surface area contributed by atoms with E-state index in [0.717, 1.165) is 18.4 Å². The summed E-state index contributed by atoms with van der Waals surface area (Å²) in [5.74, 6) is 0.196. The van der Waals surface area contributed by atoms with E-state index in [0.29, 0.717) is 35.1 Å². The number of aryl methyl sites for hydroxylation is 1. The monoisotopic (exact) mass is 462 g/mol. The Labute approximate surface area is 197 Å². The van der Waals surface area contributed by atoms with Crippen LogP contribution in [0.4, 0.5) is 11.4 Å². The maximum atomic E-state index is 12.7. The number of carbonyl (C=O) groups is 2. The highest BCUT2D eigenvalue weighted by Gasteiger charge is 2.25. The third kappa shape index (κ3) is 5.29. The van der Waals surface area contributed by atoms with Crippen LogP contribution in [-0.4, -0.2) is 46.5 Å². The first kappa shape index (κ1) is 23.1. The molecule has 0 spiro atoms. The second-order valence-corrected chi connectivity index (χ2v) is 7.82. The van der Waals surface area contributed by atoms with Crippen molar-refractivity contribution in [2.24, 2.45) is 0 Å². The van der Waals surface area contributed by atoms with E-state index in [1.807, 2.05) is 19.1 Å². The Kier molecular flexibility index (Phi) is 6.98. The van der Waals surface area contributed by atoms with Crippen LogP contribution < -0.4 is 20.9 Å². The number of amides is 2. The molecule has 1 aromatic carbocycles. The number of methoxy groups -OCH3 is 1. The van der Waals surface area contributed by atoms with E-state index in [1.54, 1.807) is 32.5 Å². The Bertz CT molecular complexity index is 1190. The van der Waals surface area contributed by atoms with Crippen LogP contribution in [0.1, 0.15) is 46.2 Å². The van der Waals surface area contributed by atoms with Gasteiger partial charge in [-0.25, -0.2) is 15.4 Å². The third-order valence-corrected chi connectivity index (χ3v) is 5.11. The molecule has 2 aromatic heterocycles. The van der Waals surface area contributed by atoms with Crippen molar-refractivity contribution < 1.29 is 19.2 Å². The molecule has 0 saturated heterocycles. The molecule has 0 radical (unpaired) electrons. The lowest BCUT2D eigenvalue weighted by Gasteiger charge is -2.17. The van der Waals surface area contributed by atoms with Gasteiger partial charge < -0.3 is 15.4 Å². The minimum absolute atomic E-state index is 0.179. The Balaban J connectivity index is 1.72. The van der Waals surface area contributed by atoms with Crippen LogP contribution in [0.15, 0.2) is 42.9 Å². The van der Waals surface area contributed by atoms with Crippen LogP contribution in [-0.2, 0) is 4.84 Å². The molecule has 176 valence electrons. The van der Waals surface area contributed by atoms with Gasteiger partial charge in [-0.2, -0.15) is 0 Å². The molecule has 2 amide bonds. The second-order valence-electron chi connectivity index (χ2n) is 7.82. The second kappa shape index (κ2) is 10.3. The SMILES string of the molecule is CCONC(=O)c1cnc(C(=O)NC2CC2)cc1Nc1cccc(-c2ncc(C)cn2)c1OC. The number of pyridine rings is 1. The van der Waals surface area contributed by atoms with Crippen molar-refractivity contribution in [1.29, 1.82) is 0 Å². The van der Waals surface area contributed by atoms with E-state index in [2.05, 4.69) is 31.1 Å². The van der Waals surface area contributed by atoms with Gasteiger partial charge in [0, 0.05) is 24.6 Å². The van der Waals surface area contributed by atoms with Crippen molar-refractivity contribution in [1.82, 2.24) is 25.7 Å². The van der Waals surface area contributed by atoms with Gasteiger partial charge >= 0.3 is 0 Å². The maximum absolute atomic E-state index is 12.7. The molecule has 1 aliphatic carbocycles. The maximum Gasteiger partial charge on any atom is 0.278 e. The fourth-order valence-electron chi connectivity index (χ4n) is 3.25. The zero-order chi connectivity index (χ0) is 24.1. The number of ether oxygens (including phenoxy) is 1. The number of hydrogen-bond acceptors (Lipinski definition) is 8. The summed E-state index contributed by atoms with van der Waals surface area (Å²) in [5.41, 5.74) is 5.31. The van der Waals surface area contributed by atoms with Gasteiger partial charge in [-0.1, -0.05) is 6.07 Å². The van der Waals surface area contributed by atoms with Gasteiger partial charge in [0.15, 0.2) is 11.6 Å². The quantitative estimate of drug-likeness (QED) is 0.414. The number of benzene rings is 1. The average Bonchev–Trinajstić information content (AvgIpc) is 3.67. The summed E-state index contributed by atoms with van der Waals surface area (Å²) in [7, 11) is 1.54. The molecule has 3 aromatic rings. The molecule has 0 aliphatic heterocycles. The highest BCUT2D eigenvalue weighted by atomic mass is 16.6. The highest BCUT2D eigenvalue weighted by Crippen LogP contribution is 2.37. The molecule has 2 heterocycles. The molecule has 0 atom stereocenters. The number of nitrogens with one attached hydrogen (secondary N) is 3. The van der Waals surface area contributed by atoms with E-state index in [1.165, 1.54) is 12.3 Å². The van der Waals surface area contributed by atoms with Gasteiger partial charge in [0.2, 0.25) is 0 Å². The van der Waals surface area contributed by atoms with Crippen LogP contribution in [0.5, 0.6) is 5.75 Å². The summed E-state index contributed by atoms with van der Waals surface area (Å²) < 4.78 is 5.67. The topological polar surface area (TPSA) is 127 Å². The fourth-order valence-corrected chi connectivity index (χ4v) is 3.25. The van der Waals surface area contributed by atoms with E-state index in [9.17, 15) is 9.59 Å². The first-order valence-electron chi connectivity index (χ1n) is 11.0. The summed E-state index contributed by atoms with van der Waals surface area (Å²) in [6.07, 6.45) is 6.71. The predicted octanol–water partition coefficient (Wildman–Crippen LogP) is 3.17. The van der Waals surface area contributed by atoms with Crippen LogP contribution in [0.2, 0.25) is 0 Å². The predicted molar refractivity (Wildman–Crippen MR) is 126 cm³/mol. The van der Waals surface area contributed by atoms with Crippen molar-refractivity contribution in [2.75, 3.05) is 19.0 Å². The van der Waals surface area contributed by atoms with Crippen molar-refractivity contribution in [3.05, 3.63) is 59.7 Å². The van der Waals surface area contributed by atoms with Crippen LogP contribution >= 0.6 is 0 Å². The minimum Gasteiger partial charge on any atom is -0.494 e. The zero-order valence-electron chi connectivity index (χ0n) is 19.2. The third-order valence-electron chi connectivity index (χ3n) is 5.11. The van der Waals surface area contributed by atoms with Crippen LogP contribution in [0, 0.1) is 6.92 Å². The lowest BCUT2D eigenvalue weighted by atomic mass is 10.1. The van der Waals surface area contributed by atoms with Gasteiger partial charge in [0.05, 0.1) is 36.2 Å². The Morgan fingerprint density at radius 3 is 2.50 bits per heavy atom.